The molecule has 0 aliphatic heterocycles. The summed E-state index contributed by atoms with van der Waals surface area (Å²) < 4.78 is 0. The van der Waals surface area contributed by atoms with Gasteiger partial charge in [0.15, 0.2) is 0 Å². The quantitative estimate of drug-likeness (QED) is 0.731. The molecular weight excluding hydrogens is 250 g/mol. The number of carboxylic acid groups (broad SMARTS) is 1. The number of aliphatic carboxylic acids is 1. The second kappa shape index (κ2) is 6.96. The van der Waals surface area contributed by atoms with Gasteiger partial charge in [-0.25, -0.2) is 9.59 Å². The van der Waals surface area contributed by atoms with Crippen LogP contribution < -0.4 is 5.32 Å². The van der Waals surface area contributed by atoms with E-state index in [0.29, 0.717) is 0 Å². The minimum Gasteiger partial charge on any atom is -0.480 e. The van der Waals surface area contributed by atoms with E-state index in [1.165, 1.54) is 16.8 Å². The third-order valence-electron chi connectivity index (χ3n) is 3.18. The number of amides is 3. The lowest BCUT2D eigenvalue weighted by molar-refractivity contribution is -0.144. The Morgan fingerprint density at radius 1 is 1.11 bits per heavy atom. The fourth-order valence-electron chi connectivity index (χ4n) is 1.50. The van der Waals surface area contributed by atoms with E-state index in [4.69, 9.17) is 0 Å². The van der Waals surface area contributed by atoms with Gasteiger partial charge in [0.25, 0.3) is 0 Å². The van der Waals surface area contributed by atoms with Gasteiger partial charge in [-0.2, -0.15) is 0 Å². The van der Waals surface area contributed by atoms with Gasteiger partial charge >= 0.3 is 12.0 Å². The van der Waals surface area contributed by atoms with Gasteiger partial charge in [-0.15, -0.1) is 0 Å². The van der Waals surface area contributed by atoms with Gasteiger partial charge in [0.05, 0.1) is 0 Å². The van der Waals surface area contributed by atoms with Gasteiger partial charge in [-0.1, -0.05) is 13.8 Å². The predicted octanol–water partition coefficient (Wildman–Crippen LogP) is 0.359. The van der Waals surface area contributed by atoms with Crippen molar-refractivity contribution < 1.29 is 19.5 Å². The Balaban J connectivity index is 4.75. The molecule has 0 aliphatic carbocycles. The summed E-state index contributed by atoms with van der Waals surface area (Å²) in [6.07, 6.45) is 0.556. The topological polar surface area (TPSA) is 90.0 Å². The van der Waals surface area contributed by atoms with E-state index in [9.17, 15) is 19.5 Å². The molecule has 0 spiro atoms. The summed E-state index contributed by atoms with van der Waals surface area (Å²) in [7, 11) is 4.64. The molecule has 0 bridgehead atoms. The SMILES string of the molecule is CCC(CC)(NC(=O)N(C)CC(=O)N(C)C)C(=O)O. The number of hydrogen-bond donors (Lipinski definition) is 2. The molecule has 0 aromatic rings. The Morgan fingerprint density at radius 3 is 1.89 bits per heavy atom. The fourth-order valence-corrected chi connectivity index (χ4v) is 1.50. The Hall–Kier alpha value is -1.79. The molecule has 0 unspecified atom stereocenters. The number of nitrogens with zero attached hydrogens (tertiary/aromatic N) is 2. The summed E-state index contributed by atoms with van der Waals surface area (Å²) >= 11 is 0. The number of urea groups is 1. The minimum atomic E-state index is -1.29. The van der Waals surface area contributed by atoms with Crippen LogP contribution in [0.4, 0.5) is 4.79 Å². The van der Waals surface area contributed by atoms with E-state index in [1.54, 1.807) is 27.9 Å². The molecule has 0 atom stereocenters. The number of likely N-dealkylation sites (N-methyl/N-ethyl adjacent to an activating group) is 2. The van der Waals surface area contributed by atoms with Crippen LogP contribution in [-0.4, -0.2) is 66.0 Å². The third-order valence-corrected chi connectivity index (χ3v) is 3.18. The molecule has 110 valence electrons. The van der Waals surface area contributed by atoms with Gasteiger partial charge in [0, 0.05) is 21.1 Å². The van der Waals surface area contributed by atoms with Crippen molar-refractivity contribution >= 4 is 17.9 Å². The van der Waals surface area contributed by atoms with E-state index in [1.807, 2.05) is 0 Å². The molecule has 0 fully saturated rings. The van der Waals surface area contributed by atoms with Crippen LogP contribution in [-0.2, 0) is 9.59 Å². The maximum Gasteiger partial charge on any atom is 0.329 e. The van der Waals surface area contributed by atoms with Crippen LogP contribution in [0.3, 0.4) is 0 Å². The van der Waals surface area contributed by atoms with Crippen LogP contribution in [0.1, 0.15) is 26.7 Å². The zero-order chi connectivity index (χ0) is 15.2. The molecule has 0 aromatic heterocycles. The van der Waals surface area contributed by atoms with E-state index in [2.05, 4.69) is 5.32 Å². The molecule has 0 saturated carbocycles. The highest BCUT2D eigenvalue weighted by Crippen LogP contribution is 2.15. The maximum atomic E-state index is 11.9. The number of nitrogens with one attached hydrogen (secondary N) is 1. The molecule has 0 aromatic carbocycles. The van der Waals surface area contributed by atoms with E-state index < -0.39 is 17.5 Å². The van der Waals surface area contributed by atoms with Crippen LogP contribution in [0.25, 0.3) is 0 Å². The lowest BCUT2D eigenvalue weighted by Crippen LogP contribution is -2.57. The van der Waals surface area contributed by atoms with Gasteiger partial charge in [0.2, 0.25) is 5.91 Å². The van der Waals surface area contributed by atoms with Crippen molar-refractivity contribution in [2.45, 2.75) is 32.2 Å². The van der Waals surface area contributed by atoms with Crippen LogP contribution in [0.5, 0.6) is 0 Å². The normalized spacial score (nSPS) is 10.8. The standard InChI is InChI=1S/C12H23N3O4/c1-6-12(7-2,10(17)18)13-11(19)15(5)8-9(16)14(3)4/h6-8H2,1-5H3,(H,13,19)(H,17,18). The average Bonchev–Trinajstić information content (AvgIpc) is 2.34. The van der Waals surface area contributed by atoms with Crippen molar-refractivity contribution in [1.82, 2.24) is 15.1 Å². The first-order valence-electron chi connectivity index (χ1n) is 6.17. The average molecular weight is 273 g/mol. The zero-order valence-electron chi connectivity index (χ0n) is 12.2. The first-order chi connectivity index (χ1) is 8.70. The Kier molecular flexibility index (Phi) is 6.31. The summed E-state index contributed by atoms with van der Waals surface area (Å²) in [6, 6.07) is -0.568. The molecule has 0 rings (SSSR count). The highest BCUT2D eigenvalue weighted by molar-refractivity contribution is 5.88. The number of carbonyl (C=O) groups excluding carboxylic acids is 2. The molecule has 0 heterocycles. The lowest BCUT2D eigenvalue weighted by Gasteiger charge is -2.30. The molecule has 19 heavy (non-hydrogen) atoms. The Labute approximate surface area is 113 Å². The van der Waals surface area contributed by atoms with E-state index in [-0.39, 0.29) is 25.3 Å². The zero-order valence-corrected chi connectivity index (χ0v) is 12.2. The smallest absolute Gasteiger partial charge is 0.329 e. The minimum absolute atomic E-state index is 0.0953. The van der Waals surface area contributed by atoms with Crippen LogP contribution >= 0.6 is 0 Å². The van der Waals surface area contributed by atoms with Crippen molar-refractivity contribution in [2.75, 3.05) is 27.7 Å². The van der Waals surface area contributed by atoms with Gasteiger partial charge in [-0.3, -0.25) is 4.79 Å². The summed E-state index contributed by atoms with van der Waals surface area (Å²) in [5.74, 6) is -1.30. The summed E-state index contributed by atoms with van der Waals surface area (Å²) in [6.45, 7) is 3.30. The molecule has 0 saturated heterocycles. The van der Waals surface area contributed by atoms with Crippen molar-refractivity contribution in [3.05, 3.63) is 0 Å². The van der Waals surface area contributed by atoms with Crippen LogP contribution in [0.15, 0.2) is 0 Å². The Morgan fingerprint density at radius 2 is 1.58 bits per heavy atom. The number of carboxylic acids is 1. The second-order valence-electron chi connectivity index (χ2n) is 4.67. The molecular formula is C12H23N3O4. The first-order valence-corrected chi connectivity index (χ1v) is 6.17. The summed E-state index contributed by atoms with van der Waals surface area (Å²) in [5.41, 5.74) is -1.29. The fraction of sp³-hybridized carbons (Fsp3) is 0.750. The highest BCUT2D eigenvalue weighted by Gasteiger charge is 2.37. The maximum absolute atomic E-state index is 11.9. The monoisotopic (exact) mass is 273 g/mol. The van der Waals surface area contributed by atoms with Crippen molar-refractivity contribution in [2.24, 2.45) is 0 Å². The van der Waals surface area contributed by atoms with Gasteiger partial charge in [-0.05, 0) is 12.8 Å². The summed E-state index contributed by atoms with van der Waals surface area (Å²) in [5, 5.41) is 11.7. The van der Waals surface area contributed by atoms with Gasteiger partial charge in [0.1, 0.15) is 12.1 Å². The lowest BCUT2D eigenvalue weighted by atomic mass is 9.93. The molecule has 7 nitrogen and oxygen atoms in total. The van der Waals surface area contributed by atoms with E-state index >= 15 is 0 Å². The van der Waals surface area contributed by atoms with E-state index in [0.717, 1.165) is 0 Å². The number of hydrogen-bond acceptors (Lipinski definition) is 3. The highest BCUT2D eigenvalue weighted by atomic mass is 16.4. The third kappa shape index (κ3) is 4.42. The largest absolute Gasteiger partial charge is 0.480 e. The van der Waals surface area contributed by atoms with Crippen molar-refractivity contribution in [3.8, 4) is 0 Å². The summed E-state index contributed by atoms with van der Waals surface area (Å²) in [4.78, 5) is 37.2. The second-order valence-corrected chi connectivity index (χ2v) is 4.67. The van der Waals surface area contributed by atoms with Crippen molar-refractivity contribution in [1.29, 1.82) is 0 Å². The van der Waals surface area contributed by atoms with Gasteiger partial charge < -0.3 is 20.2 Å². The molecule has 7 heteroatoms. The predicted molar refractivity (Wildman–Crippen MR) is 70.8 cm³/mol. The molecule has 0 radical (unpaired) electrons. The molecule has 0 aliphatic rings. The molecule has 2 N–H and O–H groups in total. The van der Waals surface area contributed by atoms with Crippen molar-refractivity contribution in [3.63, 3.8) is 0 Å². The Bertz CT molecular complexity index is 351. The van der Waals surface area contributed by atoms with Crippen LogP contribution in [0.2, 0.25) is 0 Å². The number of rotatable bonds is 6. The van der Waals surface area contributed by atoms with Crippen LogP contribution in [0, 0.1) is 0 Å². The molecule has 3 amide bonds. The first kappa shape index (κ1) is 17.2. The number of carbonyl (C=O) groups is 3.